The van der Waals surface area contributed by atoms with E-state index in [0.717, 1.165) is 35.6 Å². The lowest BCUT2D eigenvalue weighted by molar-refractivity contribution is -0.137. The number of aromatic nitrogens is 2. The van der Waals surface area contributed by atoms with Gasteiger partial charge < -0.3 is 9.67 Å². The number of carbonyl (C=O) groups is 1. The highest BCUT2D eigenvalue weighted by Gasteiger charge is 2.34. The van der Waals surface area contributed by atoms with Crippen LogP contribution < -0.4 is 0 Å². The number of hydrogen-bond acceptors (Lipinski definition) is 2. The number of benzene rings is 1. The molecule has 1 unspecified atom stereocenters. The number of amides is 1. The number of aryl methyl sites for hydroxylation is 2. The number of alkyl halides is 3. The van der Waals surface area contributed by atoms with Crippen molar-refractivity contribution < 1.29 is 23.1 Å². The summed E-state index contributed by atoms with van der Waals surface area (Å²) >= 11 is 0. The molecule has 8 heteroatoms. The average molecular weight is 393 g/mol. The molecule has 0 saturated carbocycles. The van der Waals surface area contributed by atoms with Crippen molar-refractivity contribution in [3.8, 4) is 0 Å². The van der Waals surface area contributed by atoms with Gasteiger partial charge in [0, 0.05) is 19.5 Å². The molecular weight excluding hydrogens is 371 g/mol. The van der Waals surface area contributed by atoms with Gasteiger partial charge in [-0.2, -0.15) is 13.2 Å². The van der Waals surface area contributed by atoms with Gasteiger partial charge in [-0.1, -0.05) is 25.6 Å². The number of fused-ring (bicyclic) bond motifs is 1. The zero-order valence-electron chi connectivity index (χ0n) is 15.5. The molecule has 2 aromatic rings. The molecule has 1 aromatic carbocycles. The lowest BCUT2D eigenvalue weighted by Gasteiger charge is -2.35. The molecule has 0 bridgehead atoms. The molecule has 0 spiro atoms. The Morgan fingerprint density at radius 1 is 1.32 bits per heavy atom. The molecular formula is C20H22F3N3O2. The van der Waals surface area contributed by atoms with Crippen molar-refractivity contribution in [2.75, 3.05) is 6.54 Å². The maximum atomic E-state index is 12.7. The Morgan fingerprint density at radius 2 is 2.00 bits per heavy atom. The minimum Gasteiger partial charge on any atom is -0.465 e. The quantitative estimate of drug-likeness (QED) is 0.796. The number of halogens is 3. The third-order valence-electron chi connectivity index (χ3n) is 5.11. The van der Waals surface area contributed by atoms with E-state index < -0.39 is 23.9 Å². The highest BCUT2D eigenvalue weighted by molar-refractivity contribution is 5.66. The molecule has 2 heterocycles. The van der Waals surface area contributed by atoms with Gasteiger partial charge in [-0.3, -0.25) is 4.90 Å². The van der Waals surface area contributed by atoms with Gasteiger partial charge in [-0.15, -0.1) is 0 Å². The Hall–Kier alpha value is -2.77. The lowest BCUT2D eigenvalue weighted by atomic mass is 9.98. The van der Waals surface area contributed by atoms with Crippen LogP contribution >= 0.6 is 0 Å². The maximum Gasteiger partial charge on any atom is 0.416 e. The van der Waals surface area contributed by atoms with Crippen LogP contribution in [0, 0.1) is 0 Å². The molecule has 1 N–H and O–H groups in total. The lowest BCUT2D eigenvalue weighted by Crippen LogP contribution is -2.42. The molecule has 1 amide bonds. The predicted octanol–water partition coefficient (Wildman–Crippen LogP) is 4.77. The average Bonchev–Trinajstić information content (AvgIpc) is 3.03. The molecule has 5 nitrogen and oxygen atoms in total. The smallest absolute Gasteiger partial charge is 0.416 e. The number of imidazole rings is 1. The van der Waals surface area contributed by atoms with E-state index in [-0.39, 0.29) is 0 Å². The molecule has 1 aromatic heterocycles. The Balaban J connectivity index is 1.88. The fourth-order valence-corrected chi connectivity index (χ4v) is 3.75. The SMILES string of the molecule is C=Cc1nc(CC)n2c1C(CCc1ccc(C(F)(F)F)cc1)N(C(=O)O)CC2. The normalized spacial score (nSPS) is 16.7. The van der Waals surface area contributed by atoms with Gasteiger partial charge in [-0.25, -0.2) is 9.78 Å². The number of rotatable bonds is 5. The van der Waals surface area contributed by atoms with E-state index >= 15 is 0 Å². The van der Waals surface area contributed by atoms with E-state index in [1.807, 2.05) is 11.5 Å². The summed E-state index contributed by atoms with van der Waals surface area (Å²) in [5.41, 5.74) is 1.51. The van der Waals surface area contributed by atoms with Crippen molar-refractivity contribution >= 4 is 12.2 Å². The van der Waals surface area contributed by atoms with Gasteiger partial charge in [0.2, 0.25) is 0 Å². The number of nitrogens with zero attached hydrogens (tertiary/aromatic N) is 3. The standard InChI is InChI=1S/C20H22F3N3O2/c1-3-15-18-16(10-7-13-5-8-14(9-6-13)20(21,22)23)25(19(27)28)11-12-26(18)17(4-2)24-15/h3,5-6,8-9,16H,1,4,7,10-12H2,2H3,(H,27,28). The summed E-state index contributed by atoms with van der Waals surface area (Å²) in [5.74, 6) is 0.884. The highest BCUT2D eigenvalue weighted by atomic mass is 19.4. The first kappa shape index (κ1) is 20.0. The summed E-state index contributed by atoms with van der Waals surface area (Å²) < 4.78 is 40.2. The molecule has 0 radical (unpaired) electrons. The monoisotopic (exact) mass is 393 g/mol. The molecule has 0 saturated heterocycles. The topological polar surface area (TPSA) is 58.4 Å². The van der Waals surface area contributed by atoms with Gasteiger partial charge in [0.1, 0.15) is 5.82 Å². The van der Waals surface area contributed by atoms with Crippen molar-refractivity contribution in [2.45, 2.75) is 44.9 Å². The minimum atomic E-state index is -4.37. The van der Waals surface area contributed by atoms with E-state index in [0.29, 0.717) is 31.6 Å². The Bertz CT molecular complexity index is 872. The second-order valence-corrected chi connectivity index (χ2v) is 6.73. The first-order valence-corrected chi connectivity index (χ1v) is 9.13. The largest absolute Gasteiger partial charge is 0.465 e. The van der Waals surface area contributed by atoms with Crippen LogP contribution in [0.1, 0.15) is 47.7 Å². The summed E-state index contributed by atoms with van der Waals surface area (Å²) in [6.45, 7) is 6.66. The summed E-state index contributed by atoms with van der Waals surface area (Å²) in [6, 6.07) is 4.58. The molecule has 28 heavy (non-hydrogen) atoms. The third-order valence-corrected chi connectivity index (χ3v) is 5.11. The van der Waals surface area contributed by atoms with Crippen molar-refractivity contribution in [1.82, 2.24) is 14.5 Å². The van der Waals surface area contributed by atoms with Crippen LogP contribution in [0.15, 0.2) is 30.8 Å². The number of carboxylic acid groups (broad SMARTS) is 1. The second kappa shape index (κ2) is 7.69. The zero-order valence-corrected chi connectivity index (χ0v) is 15.5. The second-order valence-electron chi connectivity index (χ2n) is 6.73. The maximum absolute atomic E-state index is 12.7. The molecule has 1 aliphatic heterocycles. The van der Waals surface area contributed by atoms with Crippen molar-refractivity contribution in [3.05, 3.63) is 59.2 Å². The fourth-order valence-electron chi connectivity index (χ4n) is 3.75. The van der Waals surface area contributed by atoms with Crippen molar-refractivity contribution in [1.29, 1.82) is 0 Å². The first-order chi connectivity index (χ1) is 13.3. The van der Waals surface area contributed by atoms with Crippen LogP contribution in [0.3, 0.4) is 0 Å². The molecule has 0 fully saturated rings. The van der Waals surface area contributed by atoms with Crippen LogP contribution in [0.5, 0.6) is 0 Å². The predicted molar refractivity (Wildman–Crippen MR) is 98.9 cm³/mol. The van der Waals surface area contributed by atoms with E-state index in [1.54, 1.807) is 6.08 Å². The molecule has 3 rings (SSSR count). The molecule has 1 atom stereocenters. The van der Waals surface area contributed by atoms with Crippen molar-refractivity contribution in [2.24, 2.45) is 0 Å². The first-order valence-electron chi connectivity index (χ1n) is 9.13. The van der Waals surface area contributed by atoms with Crippen LogP contribution in [-0.4, -0.2) is 32.2 Å². The van der Waals surface area contributed by atoms with Crippen LogP contribution in [0.2, 0.25) is 0 Å². The Morgan fingerprint density at radius 3 is 2.54 bits per heavy atom. The zero-order chi connectivity index (χ0) is 20.5. The Kier molecular flexibility index (Phi) is 5.49. The van der Waals surface area contributed by atoms with Crippen molar-refractivity contribution in [3.63, 3.8) is 0 Å². The summed E-state index contributed by atoms with van der Waals surface area (Å²) in [4.78, 5) is 17.7. The van der Waals surface area contributed by atoms with E-state index in [9.17, 15) is 23.1 Å². The molecule has 0 aliphatic carbocycles. The Labute approximate surface area is 161 Å². The van der Waals surface area contributed by atoms with Crippen LogP contribution in [-0.2, 0) is 25.6 Å². The van der Waals surface area contributed by atoms with Gasteiger partial charge in [0.15, 0.2) is 0 Å². The van der Waals surface area contributed by atoms with Gasteiger partial charge in [0.05, 0.1) is 23.0 Å². The highest BCUT2D eigenvalue weighted by Crippen LogP contribution is 2.34. The van der Waals surface area contributed by atoms with Gasteiger partial charge >= 0.3 is 12.3 Å². The van der Waals surface area contributed by atoms with Crippen LogP contribution in [0.4, 0.5) is 18.0 Å². The van der Waals surface area contributed by atoms with E-state index in [1.165, 1.54) is 17.0 Å². The molecule has 1 aliphatic rings. The van der Waals surface area contributed by atoms with Gasteiger partial charge in [0.25, 0.3) is 0 Å². The van der Waals surface area contributed by atoms with Gasteiger partial charge in [-0.05, 0) is 36.6 Å². The third kappa shape index (κ3) is 3.76. The van der Waals surface area contributed by atoms with Crippen LogP contribution in [0.25, 0.3) is 6.08 Å². The minimum absolute atomic E-state index is 0.347. The summed E-state index contributed by atoms with van der Waals surface area (Å²) in [5, 5.41) is 9.63. The molecule has 150 valence electrons. The van der Waals surface area contributed by atoms with E-state index in [4.69, 9.17) is 0 Å². The van der Waals surface area contributed by atoms with E-state index in [2.05, 4.69) is 11.6 Å². The summed E-state index contributed by atoms with van der Waals surface area (Å²) in [7, 11) is 0. The number of hydrogen-bond donors (Lipinski definition) is 1. The fraction of sp³-hybridized carbons (Fsp3) is 0.400. The summed E-state index contributed by atoms with van der Waals surface area (Å²) in [6.07, 6.45) is -2.13.